The van der Waals surface area contributed by atoms with Crippen LogP contribution < -0.4 is 0 Å². The molecule has 5 nitrogen and oxygen atoms in total. The Labute approximate surface area is 110 Å². The minimum atomic E-state index is -1.05. The lowest BCUT2D eigenvalue weighted by Crippen LogP contribution is -2.32. The zero-order valence-electron chi connectivity index (χ0n) is 10.8. The Bertz CT molecular complexity index is 364. The van der Waals surface area contributed by atoms with E-state index in [0.717, 1.165) is 23.3 Å². The number of halogens is 1. The maximum absolute atomic E-state index is 10.4. The third kappa shape index (κ3) is 3.77. The van der Waals surface area contributed by atoms with Crippen molar-refractivity contribution in [3.05, 3.63) is 16.4 Å². The van der Waals surface area contributed by atoms with Crippen molar-refractivity contribution in [1.82, 2.24) is 14.7 Å². The monoisotopic (exact) mass is 305 g/mol. The van der Waals surface area contributed by atoms with Gasteiger partial charge in [0, 0.05) is 13.7 Å². The first-order chi connectivity index (χ1) is 7.88. The highest BCUT2D eigenvalue weighted by Crippen LogP contribution is 2.28. The van der Waals surface area contributed by atoms with E-state index in [1.165, 1.54) is 0 Å². The van der Waals surface area contributed by atoms with Crippen LogP contribution in [0.5, 0.6) is 0 Å². The first kappa shape index (κ1) is 14.6. The van der Waals surface area contributed by atoms with Crippen LogP contribution in [-0.2, 0) is 16.9 Å². The molecule has 17 heavy (non-hydrogen) atoms. The summed E-state index contributed by atoms with van der Waals surface area (Å²) in [6, 6.07) is 0. The minimum Gasteiger partial charge on any atom is -0.381 e. The maximum Gasteiger partial charge on any atom is 0.128 e. The van der Waals surface area contributed by atoms with Crippen LogP contribution in [0.2, 0.25) is 0 Å². The number of aliphatic hydroxyl groups is 1. The van der Waals surface area contributed by atoms with Gasteiger partial charge in [0.2, 0.25) is 0 Å². The van der Waals surface area contributed by atoms with Crippen LogP contribution >= 0.6 is 15.9 Å². The smallest absolute Gasteiger partial charge is 0.128 e. The van der Waals surface area contributed by atoms with E-state index in [-0.39, 0.29) is 6.61 Å². The van der Waals surface area contributed by atoms with Gasteiger partial charge in [0.05, 0.1) is 29.5 Å². The third-order valence-electron chi connectivity index (χ3n) is 2.49. The van der Waals surface area contributed by atoms with Crippen molar-refractivity contribution in [2.45, 2.75) is 19.1 Å². The largest absolute Gasteiger partial charge is 0.381 e. The third-order valence-corrected chi connectivity index (χ3v) is 3.07. The SMILES string of the molecule is COCC(C)(O)c1c(Br)cnn1CCN(C)C. The second-order valence-corrected chi connectivity index (χ2v) is 5.43. The van der Waals surface area contributed by atoms with Gasteiger partial charge in [0.1, 0.15) is 5.60 Å². The molecule has 0 aromatic carbocycles. The van der Waals surface area contributed by atoms with Gasteiger partial charge in [-0.15, -0.1) is 0 Å². The Morgan fingerprint density at radius 1 is 1.59 bits per heavy atom. The van der Waals surface area contributed by atoms with Gasteiger partial charge in [-0.3, -0.25) is 4.68 Å². The molecule has 0 aliphatic rings. The standard InChI is InChI=1S/C11H20BrN3O2/c1-11(16,8-17-4)10-9(12)7-13-15(10)6-5-14(2)3/h7,16H,5-6,8H2,1-4H3. The minimum absolute atomic E-state index is 0.235. The van der Waals surface area contributed by atoms with E-state index in [4.69, 9.17) is 4.74 Å². The van der Waals surface area contributed by atoms with Gasteiger partial charge in [0.15, 0.2) is 0 Å². The second kappa shape index (κ2) is 5.95. The van der Waals surface area contributed by atoms with Crippen LogP contribution in [0.4, 0.5) is 0 Å². The van der Waals surface area contributed by atoms with E-state index in [0.29, 0.717) is 0 Å². The van der Waals surface area contributed by atoms with Crippen molar-refractivity contribution in [2.24, 2.45) is 0 Å². The first-order valence-electron chi connectivity index (χ1n) is 5.46. The molecule has 0 saturated heterocycles. The van der Waals surface area contributed by atoms with Gasteiger partial charge in [-0.1, -0.05) is 0 Å². The van der Waals surface area contributed by atoms with E-state index in [2.05, 4.69) is 25.9 Å². The van der Waals surface area contributed by atoms with Crippen molar-refractivity contribution >= 4 is 15.9 Å². The van der Waals surface area contributed by atoms with E-state index < -0.39 is 5.60 Å². The van der Waals surface area contributed by atoms with Crippen LogP contribution in [0.15, 0.2) is 10.7 Å². The quantitative estimate of drug-likeness (QED) is 0.854. The Morgan fingerprint density at radius 2 is 2.24 bits per heavy atom. The van der Waals surface area contributed by atoms with Crippen LogP contribution in [0.3, 0.4) is 0 Å². The van der Waals surface area contributed by atoms with Crippen molar-refractivity contribution in [3.8, 4) is 0 Å². The fraction of sp³-hybridized carbons (Fsp3) is 0.727. The molecule has 0 aliphatic carbocycles. The van der Waals surface area contributed by atoms with Crippen LogP contribution in [0, 0.1) is 0 Å². The number of ether oxygens (including phenoxy) is 1. The summed E-state index contributed by atoms with van der Waals surface area (Å²) < 4.78 is 7.66. The molecule has 0 saturated carbocycles. The normalized spacial score (nSPS) is 15.2. The van der Waals surface area contributed by atoms with E-state index in [1.807, 2.05) is 18.8 Å². The van der Waals surface area contributed by atoms with Crippen molar-refractivity contribution in [1.29, 1.82) is 0 Å². The van der Waals surface area contributed by atoms with Gasteiger partial charge in [0.25, 0.3) is 0 Å². The predicted molar refractivity (Wildman–Crippen MR) is 69.9 cm³/mol. The van der Waals surface area contributed by atoms with Crippen molar-refractivity contribution in [3.63, 3.8) is 0 Å². The Morgan fingerprint density at radius 3 is 2.76 bits per heavy atom. The molecule has 0 aliphatic heterocycles. The molecule has 1 unspecified atom stereocenters. The van der Waals surface area contributed by atoms with Gasteiger partial charge in [-0.2, -0.15) is 5.10 Å². The lowest BCUT2D eigenvalue weighted by Gasteiger charge is -2.24. The second-order valence-electron chi connectivity index (χ2n) is 4.57. The molecule has 0 spiro atoms. The van der Waals surface area contributed by atoms with Gasteiger partial charge >= 0.3 is 0 Å². The molecule has 1 aromatic rings. The molecular formula is C11H20BrN3O2. The summed E-state index contributed by atoms with van der Waals surface area (Å²) in [5, 5.41) is 14.6. The van der Waals surface area contributed by atoms with Crippen LogP contribution in [0.25, 0.3) is 0 Å². The number of likely N-dealkylation sites (N-methyl/N-ethyl adjacent to an activating group) is 1. The highest BCUT2D eigenvalue weighted by atomic mass is 79.9. The number of nitrogens with zero attached hydrogens (tertiary/aromatic N) is 3. The summed E-state index contributed by atoms with van der Waals surface area (Å²) in [4.78, 5) is 2.07. The zero-order valence-corrected chi connectivity index (χ0v) is 12.4. The Hall–Kier alpha value is -0.430. The molecule has 0 fully saturated rings. The molecule has 6 heteroatoms. The maximum atomic E-state index is 10.4. The number of rotatable bonds is 6. The topological polar surface area (TPSA) is 50.5 Å². The fourth-order valence-corrected chi connectivity index (χ4v) is 2.43. The summed E-state index contributed by atoms with van der Waals surface area (Å²) in [5.41, 5.74) is -0.294. The van der Waals surface area contributed by atoms with E-state index in [9.17, 15) is 5.11 Å². The average Bonchev–Trinajstić information content (AvgIpc) is 2.57. The van der Waals surface area contributed by atoms with E-state index in [1.54, 1.807) is 20.2 Å². The first-order valence-corrected chi connectivity index (χ1v) is 6.25. The summed E-state index contributed by atoms with van der Waals surface area (Å²) in [5.74, 6) is 0. The molecule has 0 bridgehead atoms. The predicted octanol–water partition coefficient (Wildman–Crippen LogP) is 1.06. The summed E-state index contributed by atoms with van der Waals surface area (Å²) in [6.45, 7) is 3.56. The molecule has 1 N–H and O–H groups in total. The lowest BCUT2D eigenvalue weighted by molar-refractivity contribution is -0.0278. The highest BCUT2D eigenvalue weighted by molar-refractivity contribution is 9.10. The molecule has 1 aromatic heterocycles. The molecule has 1 atom stereocenters. The average molecular weight is 306 g/mol. The Balaban J connectivity index is 2.93. The number of aromatic nitrogens is 2. The Kier molecular flexibility index (Phi) is 5.12. The summed E-state index contributed by atoms with van der Waals surface area (Å²) in [6.07, 6.45) is 1.70. The van der Waals surface area contributed by atoms with Gasteiger partial charge < -0.3 is 14.7 Å². The number of hydrogen-bond acceptors (Lipinski definition) is 4. The number of hydrogen-bond donors (Lipinski definition) is 1. The van der Waals surface area contributed by atoms with Crippen molar-refractivity contribution in [2.75, 3.05) is 34.4 Å². The lowest BCUT2D eigenvalue weighted by atomic mass is 10.0. The highest BCUT2D eigenvalue weighted by Gasteiger charge is 2.30. The summed E-state index contributed by atoms with van der Waals surface area (Å²) in [7, 11) is 5.58. The molecule has 0 amide bonds. The zero-order chi connectivity index (χ0) is 13.1. The van der Waals surface area contributed by atoms with Crippen LogP contribution in [0.1, 0.15) is 12.6 Å². The van der Waals surface area contributed by atoms with Gasteiger partial charge in [-0.25, -0.2) is 0 Å². The molecule has 1 rings (SSSR count). The van der Waals surface area contributed by atoms with Crippen molar-refractivity contribution < 1.29 is 9.84 Å². The molecule has 0 radical (unpaired) electrons. The molecule has 1 heterocycles. The molecular weight excluding hydrogens is 286 g/mol. The fourth-order valence-electron chi connectivity index (χ4n) is 1.71. The van der Waals surface area contributed by atoms with Crippen LogP contribution in [-0.4, -0.2) is 54.1 Å². The molecule has 98 valence electrons. The number of methoxy groups -OCH3 is 1. The van der Waals surface area contributed by atoms with Gasteiger partial charge in [-0.05, 0) is 36.9 Å². The van der Waals surface area contributed by atoms with E-state index >= 15 is 0 Å². The summed E-state index contributed by atoms with van der Waals surface area (Å²) >= 11 is 3.42.